The number of rotatable bonds is 4. The molecule has 2 heterocycles. The Hall–Kier alpha value is -1.88. The van der Waals surface area contributed by atoms with E-state index in [2.05, 4.69) is 15.4 Å². The van der Waals surface area contributed by atoms with Gasteiger partial charge in [0.25, 0.3) is 5.91 Å². The van der Waals surface area contributed by atoms with Gasteiger partial charge in [0.1, 0.15) is 5.69 Å². The molecular formula is C15H17ClN4O. The van der Waals surface area contributed by atoms with Crippen LogP contribution < -0.4 is 5.32 Å². The fourth-order valence-electron chi connectivity index (χ4n) is 2.34. The van der Waals surface area contributed by atoms with Crippen molar-refractivity contribution in [1.82, 2.24) is 20.1 Å². The molecule has 0 aromatic carbocycles. The summed E-state index contributed by atoms with van der Waals surface area (Å²) in [5.74, 6) is 0.390. The van der Waals surface area contributed by atoms with Crippen molar-refractivity contribution in [2.45, 2.75) is 31.7 Å². The van der Waals surface area contributed by atoms with E-state index in [0.29, 0.717) is 16.6 Å². The van der Waals surface area contributed by atoms with Crippen molar-refractivity contribution in [1.29, 1.82) is 0 Å². The van der Waals surface area contributed by atoms with Crippen molar-refractivity contribution in [2.75, 3.05) is 0 Å². The molecule has 0 saturated heterocycles. The van der Waals surface area contributed by atoms with Crippen LogP contribution in [0.3, 0.4) is 0 Å². The Morgan fingerprint density at radius 3 is 2.86 bits per heavy atom. The minimum atomic E-state index is -0.193. The lowest BCUT2D eigenvalue weighted by Gasteiger charge is -2.12. The first kappa shape index (κ1) is 14.1. The monoisotopic (exact) mass is 304 g/mol. The first-order valence-corrected chi connectivity index (χ1v) is 7.38. The van der Waals surface area contributed by atoms with Crippen LogP contribution in [0.2, 0.25) is 5.02 Å². The molecule has 1 amide bonds. The lowest BCUT2D eigenvalue weighted by molar-refractivity contribution is 0.0933. The number of aromatic nitrogens is 3. The molecule has 21 heavy (non-hydrogen) atoms. The Kier molecular flexibility index (Phi) is 3.68. The minimum absolute atomic E-state index is 0.179. The highest BCUT2D eigenvalue weighted by atomic mass is 35.5. The zero-order valence-electron chi connectivity index (χ0n) is 12.0. The van der Waals surface area contributed by atoms with Crippen LogP contribution in [0.5, 0.6) is 0 Å². The van der Waals surface area contributed by atoms with Crippen LogP contribution >= 0.6 is 11.6 Å². The summed E-state index contributed by atoms with van der Waals surface area (Å²) in [4.78, 5) is 16.5. The topological polar surface area (TPSA) is 59.8 Å². The summed E-state index contributed by atoms with van der Waals surface area (Å²) in [7, 11) is 1.88. The molecule has 0 aliphatic heterocycles. The van der Waals surface area contributed by atoms with E-state index in [1.807, 2.05) is 20.0 Å². The number of pyridine rings is 1. The van der Waals surface area contributed by atoms with Gasteiger partial charge < -0.3 is 5.32 Å². The Labute approximate surface area is 128 Å². The molecule has 1 saturated carbocycles. The summed E-state index contributed by atoms with van der Waals surface area (Å²) in [5, 5.41) is 7.79. The number of nitrogens with zero attached hydrogens (tertiary/aromatic N) is 3. The number of carbonyl (C=O) groups excluding carboxylic acids is 1. The van der Waals surface area contributed by atoms with Gasteiger partial charge in [0.05, 0.1) is 16.8 Å². The maximum Gasteiger partial charge on any atom is 0.272 e. The van der Waals surface area contributed by atoms with Gasteiger partial charge in [-0.1, -0.05) is 11.6 Å². The van der Waals surface area contributed by atoms with Gasteiger partial charge in [-0.15, -0.1) is 0 Å². The van der Waals surface area contributed by atoms with Crippen LogP contribution in [0.1, 0.15) is 53.6 Å². The van der Waals surface area contributed by atoms with Crippen molar-refractivity contribution in [2.24, 2.45) is 7.05 Å². The number of hydrogen-bond acceptors (Lipinski definition) is 3. The summed E-state index contributed by atoms with van der Waals surface area (Å²) in [6.45, 7) is 1.89. The fraction of sp³-hybridized carbons (Fsp3) is 0.400. The van der Waals surface area contributed by atoms with Gasteiger partial charge in [-0.3, -0.25) is 14.5 Å². The molecule has 1 atom stereocenters. The second kappa shape index (κ2) is 5.48. The SMILES string of the molecule is C[C@H](NC(=O)c1cc(C2CC2)n(C)n1)c1ccc(Cl)cn1. The van der Waals surface area contributed by atoms with E-state index in [0.717, 1.165) is 11.4 Å². The van der Waals surface area contributed by atoms with Gasteiger partial charge in [-0.05, 0) is 38.0 Å². The molecular weight excluding hydrogens is 288 g/mol. The summed E-state index contributed by atoms with van der Waals surface area (Å²) in [6, 6.07) is 5.26. The predicted molar refractivity (Wildman–Crippen MR) is 80.3 cm³/mol. The van der Waals surface area contributed by atoms with Crippen LogP contribution in [-0.4, -0.2) is 20.7 Å². The first-order chi connectivity index (χ1) is 10.0. The number of carbonyl (C=O) groups is 1. The third-order valence-electron chi connectivity index (χ3n) is 3.69. The highest BCUT2D eigenvalue weighted by Crippen LogP contribution is 2.39. The molecule has 5 nitrogen and oxygen atoms in total. The molecule has 1 aliphatic rings. The maximum absolute atomic E-state index is 12.3. The molecule has 2 aromatic heterocycles. The van der Waals surface area contributed by atoms with Gasteiger partial charge >= 0.3 is 0 Å². The van der Waals surface area contributed by atoms with E-state index < -0.39 is 0 Å². The second-order valence-corrected chi connectivity index (χ2v) is 5.89. The number of aryl methyl sites for hydroxylation is 1. The normalized spacial score (nSPS) is 15.8. The lowest BCUT2D eigenvalue weighted by atomic mass is 10.2. The Bertz CT molecular complexity index is 661. The molecule has 0 unspecified atom stereocenters. The third-order valence-corrected chi connectivity index (χ3v) is 3.91. The van der Waals surface area contributed by atoms with Crippen molar-refractivity contribution in [3.05, 3.63) is 46.5 Å². The molecule has 110 valence electrons. The second-order valence-electron chi connectivity index (χ2n) is 5.45. The quantitative estimate of drug-likeness (QED) is 0.945. The zero-order valence-corrected chi connectivity index (χ0v) is 12.8. The summed E-state index contributed by atoms with van der Waals surface area (Å²) in [5.41, 5.74) is 2.36. The number of hydrogen-bond donors (Lipinski definition) is 1. The van der Waals surface area contributed by atoms with Gasteiger partial charge in [0, 0.05) is 24.9 Å². The highest BCUT2D eigenvalue weighted by Gasteiger charge is 2.28. The number of amides is 1. The molecule has 1 fully saturated rings. The Balaban J connectivity index is 1.70. The molecule has 2 aromatic rings. The standard InChI is InChI=1S/C15H17ClN4O/c1-9(12-6-5-11(16)8-17-12)18-15(21)13-7-14(10-3-4-10)20(2)19-13/h5-10H,3-4H2,1-2H3,(H,18,21)/t9-/m0/s1. The van der Waals surface area contributed by atoms with E-state index in [4.69, 9.17) is 11.6 Å². The number of nitrogens with one attached hydrogen (secondary N) is 1. The largest absolute Gasteiger partial charge is 0.343 e. The van der Waals surface area contributed by atoms with Gasteiger partial charge in [-0.25, -0.2) is 0 Å². The van der Waals surface area contributed by atoms with Gasteiger partial charge in [0.2, 0.25) is 0 Å². The molecule has 1 aliphatic carbocycles. The highest BCUT2D eigenvalue weighted by molar-refractivity contribution is 6.30. The average molecular weight is 305 g/mol. The van der Waals surface area contributed by atoms with E-state index in [9.17, 15) is 4.79 Å². The first-order valence-electron chi connectivity index (χ1n) is 7.01. The van der Waals surface area contributed by atoms with E-state index >= 15 is 0 Å². The minimum Gasteiger partial charge on any atom is -0.343 e. The predicted octanol–water partition coefficient (Wildman–Crippen LogP) is 2.84. The Morgan fingerprint density at radius 1 is 1.48 bits per heavy atom. The maximum atomic E-state index is 12.3. The molecule has 0 radical (unpaired) electrons. The van der Waals surface area contributed by atoms with Gasteiger partial charge in [-0.2, -0.15) is 5.10 Å². The summed E-state index contributed by atoms with van der Waals surface area (Å²) >= 11 is 5.81. The molecule has 1 N–H and O–H groups in total. The van der Waals surface area contributed by atoms with Crippen LogP contribution in [0.25, 0.3) is 0 Å². The summed E-state index contributed by atoms with van der Waals surface area (Å²) < 4.78 is 1.80. The van der Waals surface area contributed by atoms with E-state index in [1.165, 1.54) is 12.8 Å². The molecule has 0 bridgehead atoms. The smallest absolute Gasteiger partial charge is 0.272 e. The lowest BCUT2D eigenvalue weighted by Crippen LogP contribution is -2.27. The van der Waals surface area contributed by atoms with Gasteiger partial charge in [0.15, 0.2) is 0 Å². The summed E-state index contributed by atoms with van der Waals surface area (Å²) in [6.07, 6.45) is 3.95. The van der Waals surface area contributed by atoms with Crippen LogP contribution in [0, 0.1) is 0 Å². The van der Waals surface area contributed by atoms with E-state index in [-0.39, 0.29) is 11.9 Å². The Morgan fingerprint density at radius 2 is 2.24 bits per heavy atom. The fourth-order valence-corrected chi connectivity index (χ4v) is 2.45. The van der Waals surface area contributed by atoms with Crippen molar-refractivity contribution < 1.29 is 4.79 Å². The van der Waals surface area contributed by atoms with Crippen molar-refractivity contribution >= 4 is 17.5 Å². The van der Waals surface area contributed by atoms with Crippen molar-refractivity contribution in [3.8, 4) is 0 Å². The third kappa shape index (κ3) is 3.08. The molecule has 0 spiro atoms. The van der Waals surface area contributed by atoms with Crippen LogP contribution in [0.15, 0.2) is 24.4 Å². The van der Waals surface area contributed by atoms with Crippen LogP contribution in [0.4, 0.5) is 0 Å². The van der Waals surface area contributed by atoms with Crippen LogP contribution in [-0.2, 0) is 7.05 Å². The average Bonchev–Trinajstić information content (AvgIpc) is 3.22. The van der Waals surface area contributed by atoms with Crippen molar-refractivity contribution in [3.63, 3.8) is 0 Å². The number of halogens is 1. The molecule has 6 heteroatoms. The molecule has 3 rings (SSSR count). The van der Waals surface area contributed by atoms with E-state index in [1.54, 1.807) is 23.0 Å². The zero-order chi connectivity index (χ0) is 15.0.